The molecule has 0 aromatic heterocycles. The summed E-state index contributed by atoms with van der Waals surface area (Å²) in [5.41, 5.74) is 3.31. The van der Waals surface area contributed by atoms with Gasteiger partial charge >= 0.3 is 0 Å². The van der Waals surface area contributed by atoms with Gasteiger partial charge in [-0.25, -0.2) is 0 Å². The molecule has 0 saturated heterocycles. The van der Waals surface area contributed by atoms with Crippen LogP contribution in [0, 0.1) is 6.92 Å². The first kappa shape index (κ1) is 17.1. The minimum atomic E-state index is 0.122. The molecule has 0 bridgehead atoms. The van der Waals surface area contributed by atoms with E-state index < -0.39 is 0 Å². The van der Waals surface area contributed by atoms with E-state index in [0.29, 0.717) is 16.6 Å². The van der Waals surface area contributed by atoms with E-state index in [9.17, 15) is 0 Å². The van der Waals surface area contributed by atoms with Crippen molar-refractivity contribution >= 4 is 23.0 Å². The molecule has 2 aromatic rings. The predicted molar refractivity (Wildman–Crippen MR) is 98.5 cm³/mol. The molecule has 0 saturated carbocycles. The number of methoxy groups -OCH3 is 2. The normalized spacial score (nSPS) is 11.5. The lowest BCUT2D eigenvalue weighted by atomic mass is 10.0. The lowest BCUT2D eigenvalue weighted by molar-refractivity contribution is 0.355. The van der Waals surface area contributed by atoms with E-state index in [2.05, 4.69) is 36.6 Å². The van der Waals surface area contributed by atoms with Crippen molar-refractivity contribution in [1.82, 2.24) is 5.32 Å². The zero-order valence-corrected chi connectivity index (χ0v) is 14.7. The first-order valence-corrected chi connectivity index (χ1v) is 7.81. The number of anilines is 1. The van der Waals surface area contributed by atoms with Gasteiger partial charge in [0.05, 0.1) is 20.3 Å². The highest BCUT2D eigenvalue weighted by Crippen LogP contribution is 2.29. The van der Waals surface area contributed by atoms with E-state index in [4.69, 9.17) is 21.7 Å². The topological polar surface area (TPSA) is 42.5 Å². The number of nitrogens with one attached hydrogen (secondary N) is 2. The van der Waals surface area contributed by atoms with Gasteiger partial charge in [0.1, 0.15) is 0 Å². The Labute approximate surface area is 142 Å². The lowest BCUT2D eigenvalue weighted by Crippen LogP contribution is -2.31. The molecule has 0 amide bonds. The third kappa shape index (κ3) is 4.36. The number of rotatable bonds is 5. The van der Waals surface area contributed by atoms with Crippen LogP contribution in [0.15, 0.2) is 42.5 Å². The molecule has 0 aliphatic rings. The fourth-order valence-corrected chi connectivity index (χ4v) is 2.72. The Balaban J connectivity index is 2.03. The molecule has 1 unspecified atom stereocenters. The molecule has 0 heterocycles. The second kappa shape index (κ2) is 7.83. The predicted octanol–water partition coefficient (Wildman–Crippen LogP) is 4.06. The Hall–Kier alpha value is -2.27. The summed E-state index contributed by atoms with van der Waals surface area (Å²) in [7, 11) is 3.22. The fourth-order valence-electron chi connectivity index (χ4n) is 2.43. The summed E-state index contributed by atoms with van der Waals surface area (Å²) in [6, 6.07) is 14.0. The van der Waals surface area contributed by atoms with Gasteiger partial charge in [0.2, 0.25) is 0 Å². The van der Waals surface area contributed by atoms with Gasteiger partial charge in [-0.2, -0.15) is 0 Å². The van der Waals surface area contributed by atoms with Gasteiger partial charge < -0.3 is 20.1 Å². The summed E-state index contributed by atoms with van der Waals surface area (Å²) in [6.07, 6.45) is 0. The van der Waals surface area contributed by atoms with Crippen LogP contribution in [0.5, 0.6) is 11.5 Å². The number of ether oxygens (including phenoxy) is 2. The van der Waals surface area contributed by atoms with E-state index in [1.165, 1.54) is 11.1 Å². The molecule has 2 N–H and O–H groups in total. The first-order chi connectivity index (χ1) is 11.0. The maximum Gasteiger partial charge on any atom is 0.171 e. The zero-order valence-electron chi connectivity index (χ0n) is 13.8. The smallest absolute Gasteiger partial charge is 0.171 e. The van der Waals surface area contributed by atoms with E-state index in [-0.39, 0.29) is 6.04 Å². The van der Waals surface area contributed by atoms with Gasteiger partial charge in [0.15, 0.2) is 16.6 Å². The second-order valence-electron chi connectivity index (χ2n) is 5.25. The molecule has 4 nitrogen and oxygen atoms in total. The van der Waals surface area contributed by atoms with E-state index in [0.717, 1.165) is 5.69 Å². The molecular weight excluding hydrogens is 308 g/mol. The van der Waals surface area contributed by atoms with E-state index in [1.807, 2.05) is 30.3 Å². The number of thiocarbonyl (C=S) groups is 1. The van der Waals surface area contributed by atoms with Crippen molar-refractivity contribution in [2.75, 3.05) is 19.5 Å². The van der Waals surface area contributed by atoms with Gasteiger partial charge in [-0.15, -0.1) is 0 Å². The molecule has 5 heteroatoms. The molecular formula is C18H22N2O2S. The molecule has 122 valence electrons. The van der Waals surface area contributed by atoms with Crippen molar-refractivity contribution in [2.24, 2.45) is 0 Å². The Morgan fingerprint density at radius 3 is 2.39 bits per heavy atom. The van der Waals surface area contributed by atoms with Gasteiger partial charge in [-0.3, -0.25) is 0 Å². The van der Waals surface area contributed by atoms with Crippen LogP contribution >= 0.6 is 12.2 Å². The Kier molecular flexibility index (Phi) is 5.82. The summed E-state index contributed by atoms with van der Waals surface area (Å²) >= 11 is 5.40. The lowest BCUT2D eigenvalue weighted by Gasteiger charge is -2.19. The van der Waals surface area contributed by atoms with Gasteiger partial charge in [0, 0.05) is 11.8 Å². The third-order valence-electron chi connectivity index (χ3n) is 3.64. The molecule has 1 atom stereocenters. The second-order valence-corrected chi connectivity index (χ2v) is 5.65. The van der Waals surface area contributed by atoms with Crippen LogP contribution in [0.3, 0.4) is 0 Å². The van der Waals surface area contributed by atoms with Crippen molar-refractivity contribution < 1.29 is 9.47 Å². The molecule has 0 aliphatic heterocycles. The maximum absolute atomic E-state index is 5.40. The molecule has 0 fully saturated rings. The van der Waals surface area contributed by atoms with Crippen LogP contribution in [0.2, 0.25) is 0 Å². The van der Waals surface area contributed by atoms with Gasteiger partial charge in [0.25, 0.3) is 0 Å². The fraction of sp³-hybridized carbons (Fsp3) is 0.278. The average Bonchev–Trinajstić information content (AvgIpc) is 2.54. The number of benzene rings is 2. The summed E-state index contributed by atoms with van der Waals surface area (Å²) in [6.45, 7) is 4.18. The summed E-state index contributed by atoms with van der Waals surface area (Å²) in [4.78, 5) is 0. The molecule has 2 rings (SSSR count). The van der Waals surface area contributed by atoms with Crippen molar-refractivity contribution in [3.8, 4) is 11.5 Å². The summed E-state index contributed by atoms with van der Waals surface area (Å²) in [5, 5.41) is 7.04. The quantitative estimate of drug-likeness (QED) is 0.809. The highest BCUT2D eigenvalue weighted by molar-refractivity contribution is 7.80. The SMILES string of the molecule is COc1ccc(NC(=S)NC(C)c2ccccc2C)cc1OC. The van der Waals surface area contributed by atoms with Crippen molar-refractivity contribution in [3.05, 3.63) is 53.6 Å². The average molecular weight is 330 g/mol. The van der Waals surface area contributed by atoms with Crippen LogP contribution in [0.25, 0.3) is 0 Å². The third-order valence-corrected chi connectivity index (χ3v) is 3.86. The van der Waals surface area contributed by atoms with E-state index in [1.54, 1.807) is 14.2 Å². The van der Waals surface area contributed by atoms with Gasteiger partial charge in [-0.05, 0) is 49.3 Å². The standard InChI is InChI=1S/C18H22N2O2S/c1-12-7-5-6-8-15(12)13(2)19-18(23)20-14-9-10-16(21-3)17(11-14)22-4/h5-11,13H,1-4H3,(H2,19,20,23). The van der Waals surface area contributed by atoms with Gasteiger partial charge in [-0.1, -0.05) is 24.3 Å². The van der Waals surface area contributed by atoms with Crippen LogP contribution in [-0.2, 0) is 0 Å². The molecule has 0 spiro atoms. The van der Waals surface area contributed by atoms with Crippen molar-refractivity contribution in [3.63, 3.8) is 0 Å². The van der Waals surface area contributed by atoms with Crippen molar-refractivity contribution in [2.45, 2.75) is 19.9 Å². The Bertz CT molecular complexity index is 688. The monoisotopic (exact) mass is 330 g/mol. The number of hydrogen-bond acceptors (Lipinski definition) is 3. The maximum atomic E-state index is 5.40. The number of hydrogen-bond donors (Lipinski definition) is 2. The number of aryl methyl sites for hydroxylation is 1. The van der Waals surface area contributed by atoms with E-state index >= 15 is 0 Å². The largest absolute Gasteiger partial charge is 0.493 e. The Morgan fingerprint density at radius 1 is 1.04 bits per heavy atom. The minimum Gasteiger partial charge on any atom is -0.493 e. The Morgan fingerprint density at radius 2 is 1.74 bits per heavy atom. The first-order valence-electron chi connectivity index (χ1n) is 7.40. The highest BCUT2D eigenvalue weighted by atomic mass is 32.1. The highest BCUT2D eigenvalue weighted by Gasteiger charge is 2.10. The molecule has 2 aromatic carbocycles. The summed E-state index contributed by atoms with van der Waals surface area (Å²) in [5.74, 6) is 1.34. The zero-order chi connectivity index (χ0) is 16.8. The van der Waals surface area contributed by atoms with Crippen LogP contribution < -0.4 is 20.1 Å². The summed E-state index contributed by atoms with van der Waals surface area (Å²) < 4.78 is 10.5. The van der Waals surface area contributed by atoms with Crippen LogP contribution in [-0.4, -0.2) is 19.3 Å². The molecule has 23 heavy (non-hydrogen) atoms. The van der Waals surface area contributed by atoms with Crippen LogP contribution in [0.1, 0.15) is 24.1 Å². The minimum absolute atomic E-state index is 0.122. The molecule has 0 aliphatic carbocycles. The molecule has 0 radical (unpaired) electrons. The van der Waals surface area contributed by atoms with Crippen molar-refractivity contribution in [1.29, 1.82) is 0 Å². The van der Waals surface area contributed by atoms with Crippen LogP contribution in [0.4, 0.5) is 5.69 Å².